The van der Waals surface area contributed by atoms with Gasteiger partial charge in [0.05, 0.1) is 12.2 Å². The van der Waals surface area contributed by atoms with Crippen molar-refractivity contribution in [1.29, 1.82) is 0 Å². The van der Waals surface area contributed by atoms with Crippen LogP contribution in [-0.2, 0) is 16.0 Å². The standard InChI is InChI=1S/C15H21NO2/c1-15(2)17-13-8-9-16(11-14(13)18-15)10-12-6-4-3-5-7-12/h3-7,13-14H,8-11H2,1-2H3. The van der Waals surface area contributed by atoms with Crippen molar-refractivity contribution in [3.05, 3.63) is 35.9 Å². The molecule has 2 saturated heterocycles. The topological polar surface area (TPSA) is 21.7 Å². The molecular weight excluding hydrogens is 226 g/mol. The second-order valence-electron chi connectivity index (χ2n) is 5.72. The predicted molar refractivity (Wildman–Crippen MR) is 70.2 cm³/mol. The Morgan fingerprint density at radius 2 is 1.89 bits per heavy atom. The third-order valence-electron chi connectivity index (χ3n) is 3.70. The lowest BCUT2D eigenvalue weighted by molar-refractivity contribution is -0.145. The van der Waals surface area contributed by atoms with E-state index >= 15 is 0 Å². The van der Waals surface area contributed by atoms with E-state index in [4.69, 9.17) is 9.47 Å². The largest absolute Gasteiger partial charge is 0.344 e. The summed E-state index contributed by atoms with van der Waals surface area (Å²) in [6.07, 6.45) is 1.59. The van der Waals surface area contributed by atoms with E-state index in [1.807, 2.05) is 13.8 Å². The zero-order valence-corrected chi connectivity index (χ0v) is 11.1. The lowest BCUT2D eigenvalue weighted by Crippen LogP contribution is -2.44. The maximum atomic E-state index is 5.96. The molecule has 0 saturated carbocycles. The first kappa shape index (κ1) is 12.2. The van der Waals surface area contributed by atoms with Crippen molar-refractivity contribution in [3.63, 3.8) is 0 Å². The second kappa shape index (κ2) is 4.65. The number of hydrogen-bond acceptors (Lipinski definition) is 3. The smallest absolute Gasteiger partial charge is 0.163 e. The highest BCUT2D eigenvalue weighted by Gasteiger charge is 2.43. The van der Waals surface area contributed by atoms with Crippen molar-refractivity contribution in [2.24, 2.45) is 0 Å². The Morgan fingerprint density at radius 3 is 2.67 bits per heavy atom. The Morgan fingerprint density at radius 1 is 1.17 bits per heavy atom. The van der Waals surface area contributed by atoms with E-state index in [2.05, 4.69) is 35.2 Å². The highest BCUT2D eigenvalue weighted by Crippen LogP contribution is 2.33. The number of fused-ring (bicyclic) bond motifs is 1. The van der Waals surface area contributed by atoms with Crippen LogP contribution in [-0.4, -0.2) is 36.0 Å². The molecule has 2 aliphatic heterocycles. The molecule has 0 bridgehead atoms. The van der Waals surface area contributed by atoms with Crippen LogP contribution in [0.25, 0.3) is 0 Å². The predicted octanol–water partition coefficient (Wildman–Crippen LogP) is 2.41. The molecule has 0 N–H and O–H groups in total. The van der Waals surface area contributed by atoms with Gasteiger partial charge in [0, 0.05) is 19.6 Å². The van der Waals surface area contributed by atoms with Crippen LogP contribution in [0.4, 0.5) is 0 Å². The number of likely N-dealkylation sites (tertiary alicyclic amines) is 1. The molecular formula is C15H21NO2. The van der Waals surface area contributed by atoms with Gasteiger partial charge in [-0.3, -0.25) is 4.90 Å². The summed E-state index contributed by atoms with van der Waals surface area (Å²) in [4.78, 5) is 2.46. The average Bonchev–Trinajstić information content (AvgIpc) is 2.63. The summed E-state index contributed by atoms with van der Waals surface area (Å²) in [5.41, 5.74) is 1.37. The summed E-state index contributed by atoms with van der Waals surface area (Å²) in [5.74, 6) is -0.405. The summed E-state index contributed by atoms with van der Waals surface area (Å²) in [7, 11) is 0. The zero-order valence-electron chi connectivity index (χ0n) is 11.1. The van der Waals surface area contributed by atoms with Crippen LogP contribution in [0, 0.1) is 0 Å². The molecule has 2 unspecified atom stereocenters. The summed E-state index contributed by atoms with van der Waals surface area (Å²) in [6.45, 7) is 7.09. The highest BCUT2D eigenvalue weighted by atomic mass is 16.8. The molecule has 1 aromatic rings. The number of rotatable bonds is 2. The van der Waals surface area contributed by atoms with Gasteiger partial charge < -0.3 is 9.47 Å². The van der Waals surface area contributed by atoms with Crippen LogP contribution in [0.1, 0.15) is 25.8 Å². The minimum Gasteiger partial charge on any atom is -0.344 e. The van der Waals surface area contributed by atoms with Crippen LogP contribution in [0.3, 0.4) is 0 Å². The van der Waals surface area contributed by atoms with Crippen LogP contribution in [0.15, 0.2) is 30.3 Å². The fourth-order valence-electron chi connectivity index (χ4n) is 2.95. The third-order valence-corrected chi connectivity index (χ3v) is 3.70. The van der Waals surface area contributed by atoms with Gasteiger partial charge in [-0.25, -0.2) is 0 Å². The quantitative estimate of drug-likeness (QED) is 0.801. The number of ether oxygens (including phenoxy) is 2. The molecule has 2 atom stereocenters. The first-order valence-electron chi connectivity index (χ1n) is 6.74. The van der Waals surface area contributed by atoms with Crippen molar-refractivity contribution >= 4 is 0 Å². The Bertz CT molecular complexity index is 404. The van der Waals surface area contributed by atoms with Gasteiger partial charge in [-0.2, -0.15) is 0 Å². The van der Waals surface area contributed by atoms with Gasteiger partial charge in [0.25, 0.3) is 0 Å². The molecule has 3 rings (SSSR count). The molecule has 2 fully saturated rings. The molecule has 2 aliphatic rings. The number of hydrogen-bond donors (Lipinski definition) is 0. The monoisotopic (exact) mass is 247 g/mol. The number of piperidine rings is 1. The molecule has 3 nitrogen and oxygen atoms in total. The fourth-order valence-corrected chi connectivity index (χ4v) is 2.95. The first-order chi connectivity index (χ1) is 8.62. The minimum absolute atomic E-state index is 0.234. The Hall–Kier alpha value is -0.900. The molecule has 98 valence electrons. The number of nitrogens with zero attached hydrogens (tertiary/aromatic N) is 1. The van der Waals surface area contributed by atoms with E-state index in [1.54, 1.807) is 0 Å². The van der Waals surface area contributed by atoms with Gasteiger partial charge in [0.1, 0.15) is 0 Å². The van der Waals surface area contributed by atoms with E-state index in [0.29, 0.717) is 0 Å². The Balaban J connectivity index is 1.61. The Kier molecular flexibility index (Phi) is 3.14. The molecule has 2 heterocycles. The Labute approximate surface area is 109 Å². The molecule has 3 heteroatoms. The van der Waals surface area contributed by atoms with E-state index in [0.717, 1.165) is 26.1 Å². The lowest BCUT2D eigenvalue weighted by Gasteiger charge is -2.32. The van der Waals surface area contributed by atoms with E-state index in [1.165, 1.54) is 5.56 Å². The molecule has 0 radical (unpaired) electrons. The molecule has 18 heavy (non-hydrogen) atoms. The van der Waals surface area contributed by atoms with Crippen molar-refractivity contribution in [1.82, 2.24) is 4.90 Å². The van der Waals surface area contributed by atoms with Crippen molar-refractivity contribution in [2.75, 3.05) is 13.1 Å². The van der Waals surface area contributed by atoms with Gasteiger partial charge in [-0.15, -0.1) is 0 Å². The minimum atomic E-state index is -0.405. The van der Waals surface area contributed by atoms with Crippen molar-refractivity contribution in [3.8, 4) is 0 Å². The average molecular weight is 247 g/mol. The van der Waals surface area contributed by atoms with Crippen LogP contribution >= 0.6 is 0 Å². The zero-order chi connectivity index (χ0) is 12.6. The van der Waals surface area contributed by atoms with Gasteiger partial charge in [0.2, 0.25) is 0 Å². The van der Waals surface area contributed by atoms with Gasteiger partial charge in [0.15, 0.2) is 5.79 Å². The third kappa shape index (κ3) is 2.58. The summed E-state index contributed by atoms with van der Waals surface area (Å²) < 4.78 is 11.9. The molecule has 0 amide bonds. The molecule has 0 aromatic heterocycles. The maximum absolute atomic E-state index is 5.96. The maximum Gasteiger partial charge on any atom is 0.163 e. The SMILES string of the molecule is CC1(C)OC2CCN(Cc3ccccc3)CC2O1. The lowest BCUT2D eigenvalue weighted by atomic mass is 10.0. The molecule has 0 spiro atoms. The number of benzene rings is 1. The van der Waals surface area contributed by atoms with E-state index < -0.39 is 5.79 Å². The summed E-state index contributed by atoms with van der Waals surface area (Å²) in [6, 6.07) is 10.6. The van der Waals surface area contributed by atoms with Gasteiger partial charge >= 0.3 is 0 Å². The van der Waals surface area contributed by atoms with Gasteiger partial charge in [-0.05, 0) is 25.8 Å². The fraction of sp³-hybridized carbons (Fsp3) is 0.600. The van der Waals surface area contributed by atoms with E-state index in [9.17, 15) is 0 Å². The van der Waals surface area contributed by atoms with Crippen molar-refractivity contribution in [2.45, 2.75) is 44.8 Å². The molecule has 1 aromatic carbocycles. The first-order valence-corrected chi connectivity index (χ1v) is 6.74. The van der Waals surface area contributed by atoms with E-state index in [-0.39, 0.29) is 12.2 Å². The van der Waals surface area contributed by atoms with Crippen LogP contribution in [0.2, 0.25) is 0 Å². The van der Waals surface area contributed by atoms with Crippen LogP contribution in [0.5, 0.6) is 0 Å². The van der Waals surface area contributed by atoms with Gasteiger partial charge in [-0.1, -0.05) is 30.3 Å². The van der Waals surface area contributed by atoms with Crippen LogP contribution < -0.4 is 0 Å². The normalized spacial score (nSPS) is 31.2. The second-order valence-corrected chi connectivity index (χ2v) is 5.72. The van der Waals surface area contributed by atoms with Crippen molar-refractivity contribution < 1.29 is 9.47 Å². The molecule has 0 aliphatic carbocycles. The summed E-state index contributed by atoms with van der Waals surface area (Å²) in [5, 5.41) is 0. The summed E-state index contributed by atoms with van der Waals surface area (Å²) >= 11 is 0. The highest BCUT2D eigenvalue weighted by molar-refractivity contribution is 5.14.